The van der Waals surface area contributed by atoms with Gasteiger partial charge in [0.15, 0.2) is 0 Å². The van der Waals surface area contributed by atoms with Crippen LogP contribution >= 0.6 is 0 Å². The zero-order valence-corrected chi connectivity index (χ0v) is 13.3. The maximum atomic E-state index is 12.6. The van der Waals surface area contributed by atoms with Gasteiger partial charge in [-0.05, 0) is 18.4 Å². The maximum absolute atomic E-state index is 12.6. The van der Waals surface area contributed by atoms with Crippen LogP contribution < -0.4 is 5.32 Å². The minimum absolute atomic E-state index is 0.235. The molecule has 1 aromatic carbocycles. The minimum atomic E-state index is -0.881. The number of hydrogen-bond acceptors (Lipinski definition) is 3. The van der Waals surface area contributed by atoms with E-state index < -0.39 is 5.54 Å². The second kappa shape index (κ2) is 7.29. The molecule has 2 amide bonds. The Morgan fingerprint density at radius 1 is 1.14 bits per heavy atom. The van der Waals surface area contributed by atoms with Gasteiger partial charge in [-0.2, -0.15) is 0 Å². The first kappa shape index (κ1) is 16.3. The van der Waals surface area contributed by atoms with Crippen molar-refractivity contribution in [1.82, 2.24) is 10.2 Å². The van der Waals surface area contributed by atoms with E-state index in [2.05, 4.69) is 5.32 Å². The number of hydrogen-bond donors (Lipinski definition) is 1. The van der Waals surface area contributed by atoms with Crippen molar-refractivity contribution in [1.29, 1.82) is 0 Å². The molecule has 1 aromatic rings. The van der Waals surface area contributed by atoms with Crippen molar-refractivity contribution in [2.45, 2.75) is 44.2 Å². The van der Waals surface area contributed by atoms with E-state index in [-0.39, 0.29) is 18.6 Å². The van der Waals surface area contributed by atoms with E-state index in [9.17, 15) is 9.59 Å². The molecule has 1 fully saturated rings. The van der Waals surface area contributed by atoms with Gasteiger partial charge in [-0.25, -0.2) is 9.59 Å². The van der Waals surface area contributed by atoms with Crippen molar-refractivity contribution >= 4 is 12.0 Å². The number of ether oxygens (including phenoxy) is 1. The molecular weight excluding hydrogens is 280 g/mol. The number of nitrogens with zero attached hydrogens (tertiary/aromatic N) is 1. The molecule has 0 aliphatic heterocycles. The molecule has 5 heteroatoms. The van der Waals surface area contributed by atoms with E-state index in [4.69, 9.17) is 4.74 Å². The SMILES string of the molecule is CN(C)C(=O)NC1(C(=O)OCc2ccccc2)CCCCC1. The molecule has 0 unspecified atom stereocenters. The smallest absolute Gasteiger partial charge is 0.332 e. The quantitative estimate of drug-likeness (QED) is 0.870. The summed E-state index contributed by atoms with van der Waals surface area (Å²) in [5.74, 6) is -0.328. The van der Waals surface area contributed by atoms with Gasteiger partial charge in [0, 0.05) is 14.1 Å². The molecule has 0 aromatic heterocycles. The van der Waals surface area contributed by atoms with Gasteiger partial charge < -0.3 is 15.0 Å². The third kappa shape index (κ3) is 4.00. The fourth-order valence-corrected chi connectivity index (χ4v) is 2.71. The van der Waals surface area contributed by atoms with Crippen LogP contribution in [0.5, 0.6) is 0 Å². The lowest BCUT2D eigenvalue weighted by atomic mass is 9.81. The highest BCUT2D eigenvalue weighted by Gasteiger charge is 2.42. The maximum Gasteiger partial charge on any atom is 0.332 e. The topological polar surface area (TPSA) is 58.6 Å². The summed E-state index contributed by atoms with van der Waals surface area (Å²) in [5.41, 5.74) is 0.0646. The molecule has 2 rings (SSSR count). The number of nitrogens with one attached hydrogen (secondary N) is 1. The van der Waals surface area contributed by atoms with Crippen molar-refractivity contribution in [3.05, 3.63) is 35.9 Å². The van der Waals surface area contributed by atoms with Crippen LogP contribution in [-0.2, 0) is 16.1 Å². The first-order chi connectivity index (χ1) is 10.5. The summed E-state index contributed by atoms with van der Waals surface area (Å²) in [6.07, 6.45) is 4.22. The van der Waals surface area contributed by atoms with Gasteiger partial charge in [-0.15, -0.1) is 0 Å². The fourth-order valence-electron chi connectivity index (χ4n) is 2.71. The first-order valence-corrected chi connectivity index (χ1v) is 7.74. The largest absolute Gasteiger partial charge is 0.459 e. The molecule has 1 aliphatic rings. The molecule has 0 bridgehead atoms. The highest BCUT2D eigenvalue weighted by Crippen LogP contribution is 2.30. The summed E-state index contributed by atoms with van der Waals surface area (Å²) in [7, 11) is 3.34. The Labute approximate surface area is 131 Å². The van der Waals surface area contributed by atoms with E-state index >= 15 is 0 Å². The third-order valence-corrected chi connectivity index (χ3v) is 4.06. The van der Waals surface area contributed by atoms with Crippen LogP contribution in [0.2, 0.25) is 0 Å². The van der Waals surface area contributed by atoms with Crippen molar-refractivity contribution in [2.75, 3.05) is 14.1 Å². The molecule has 1 saturated carbocycles. The van der Waals surface area contributed by atoms with Crippen molar-refractivity contribution < 1.29 is 14.3 Å². The van der Waals surface area contributed by atoms with Crippen molar-refractivity contribution in [2.24, 2.45) is 0 Å². The molecule has 1 N–H and O–H groups in total. The minimum Gasteiger partial charge on any atom is -0.459 e. The molecule has 22 heavy (non-hydrogen) atoms. The predicted octanol–water partition coefficient (Wildman–Crippen LogP) is 2.70. The molecule has 0 saturated heterocycles. The van der Waals surface area contributed by atoms with Crippen LogP contribution in [0.25, 0.3) is 0 Å². The number of carbonyl (C=O) groups excluding carboxylic acids is 2. The molecule has 0 heterocycles. The highest BCUT2D eigenvalue weighted by atomic mass is 16.5. The van der Waals surface area contributed by atoms with Crippen LogP contribution in [0.15, 0.2) is 30.3 Å². The standard InChI is InChI=1S/C17H24N2O3/c1-19(2)16(21)18-17(11-7-4-8-12-17)15(20)22-13-14-9-5-3-6-10-14/h3,5-6,9-10H,4,7-8,11-13H2,1-2H3,(H,18,21). The Hall–Kier alpha value is -2.04. The molecule has 1 aliphatic carbocycles. The molecule has 120 valence electrons. The van der Waals surface area contributed by atoms with E-state index in [0.717, 1.165) is 24.8 Å². The summed E-state index contributed by atoms with van der Waals surface area (Å²) in [4.78, 5) is 26.0. The number of amides is 2. The van der Waals surface area contributed by atoms with Crippen LogP contribution in [0, 0.1) is 0 Å². The number of benzene rings is 1. The van der Waals surface area contributed by atoms with E-state index in [1.54, 1.807) is 14.1 Å². The average molecular weight is 304 g/mol. The fraction of sp³-hybridized carbons (Fsp3) is 0.529. The molecule has 0 spiro atoms. The molecule has 0 radical (unpaired) electrons. The lowest BCUT2D eigenvalue weighted by Crippen LogP contribution is -2.58. The van der Waals surface area contributed by atoms with Gasteiger partial charge in [0.25, 0.3) is 0 Å². The average Bonchev–Trinajstić information content (AvgIpc) is 2.54. The zero-order valence-electron chi connectivity index (χ0n) is 13.3. The normalized spacial score (nSPS) is 16.6. The lowest BCUT2D eigenvalue weighted by molar-refractivity contribution is -0.154. The van der Waals surface area contributed by atoms with Gasteiger partial charge in [-0.1, -0.05) is 49.6 Å². The van der Waals surface area contributed by atoms with E-state index in [1.807, 2.05) is 30.3 Å². The van der Waals surface area contributed by atoms with Gasteiger partial charge in [-0.3, -0.25) is 0 Å². The summed E-state index contributed by atoms with van der Waals surface area (Å²) in [6, 6.07) is 9.32. The number of esters is 1. The number of urea groups is 1. The molecular formula is C17H24N2O3. The highest BCUT2D eigenvalue weighted by molar-refractivity contribution is 5.87. The Bertz CT molecular complexity index is 508. The molecule has 0 atom stereocenters. The molecule has 5 nitrogen and oxygen atoms in total. The van der Waals surface area contributed by atoms with Crippen molar-refractivity contribution in [3.8, 4) is 0 Å². The van der Waals surface area contributed by atoms with Crippen molar-refractivity contribution in [3.63, 3.8) is 0 Å². The van der Waals surface area contributed by atoms with Gasteiger partial charge in [0.1, 0.15) is 12.1 Å². The number of rotatable bonds is 4. The van der Waals surface area contributed by atoms with Crippen LogP contribution in [0.3, 0.4) is 0 Å². The Morgan fingerprint density at radius 3 is 2.36 bits per heavy atom. The van der Waals surface area contributed by atoms with Gasteiger partial charge in [0.05, 0.1) is 0 Å². The number of carbonyl (C=O) groups is 2. The summed E-state index contributed by atoms with van der Waals surface area (Å²) in [6.45, 7) is 0.235. The van der Waals surface area contributed by atoms with Gasteiger partial charge in [0.2, 0.25) is 0 Å². The lowest BCUT2D eigenvalue weighted by Gasteiger charge is -2.36. The first-order valence-electron chi connectivity index (χ1n) is 7.74. The summed E-state index contributed by atoms with van der Waals surface area (Å²) < 4.78 is 5.48. The third-order valence-electron chi connectivity index (χ3n) is 4.06. The Kier molecular flexibility index (Phi) is 5.41. The Morgan fingerprint density at radius 2 is 1.77 bits per heavy atom. The van der Waals surface area contributed by atoms with E-state index in [1.165, 1.54) is 4.90 Å². The Balaban J connectivity index is 2.04. The van der Waals surface area contributed by atoms with Crippen LogP contribution in [0.1, 0.15) is 37.7 Å². The second-order valence-electron chi connectivity index (χ2n) is 6.03. The summed E-state index contributed by atoms with van der Waals surface area (Å²) >= 11 is 0. The van der Waals surface area contributed by atoms with Gasteiger partial charge >= 0.3 is 12.0 Å². The zero-order chi connectivity index (χ0) is 16.0. The monoisotopic (exact) mass is 304 g/mol. The van der Waals surface area contributed by atoms with Crippen LogP contribution in [-0.4, -0.2) is 36.5 Å². The summed E-state index contributed by atoms with van der Waals surface area (Å²) in [5, 5.41) is 2.88. The second-order valence-corrected chi connectivity index (χ2v) is 6.03. The predicted molar refractivity (Wildman–Crippen MR) is 84.3 cm³/mol. The van der Waals surface area contributed by atoms with E-state index in [0.29, 0.717) is 12.8 Å². The van der Waals surface area contributed by atoms with Crippen LogP contribution in [0.4, 0.5) is 4.79 Å².